The van der Waals surface area contributed by atoms with Crippen LogP contribution < -0.4 is 0 Å². The fourth-order valence-electron chi connectivity index (χ4n) is 3.43. The second-order valence-corrected chi connectivity index (χ2v) is 7.58. The van der Waals surface area contributed by atoms with Crippen molar-refractivity contribution in [3.63, 3.8) is 0 Å². The Balaban J connectivity index is 1.43. The molecule has 4 heteroatoms. The summed E-state index contributed by atoms with van der Waals surface area (Å²) >= 11 is 1.73. The molecule has 3 atom stereocenters. The maximum absolute atomic E-state index is 12.5. The van der Waals surface area contributed by atoms with Gasteiger partial charge in [0.05, 0.1) is 6.04 Å². The van der Waals surface area contributed by atoms with Crippen LogP contribution in [0.2, 0.25) is 0 Å². The summed E-state index contributed by atoms with van der Waals surface area (Å²) in [4.78, 5) is 15.8. The van der Waals surface area contributed by atoms with Crippen molar-refractivity contribution in [3.8, 4) is 0 Å². The summed E-state index contributed by atoms with van der Waals surface area (Å²) in [6, 6.07) is 8.43. The van der Waals surface area contributed by atoms with Crippen LogP contribution >= 0.6 is 11.3 Å². The molecule has 1 aliphatic carbocycles. The summed E-state index contributed by atoms with van der Waals surface area (Å²) in [7, 11) is 0. The average molecular weight is 327 g/mol. The fourth-order valence-corrected chi connectivity index (χ4v) is 4.31. The van der Waals surface area contributed by atoms with Gasteiger partial charge >= 0.3 is 0 Å². The number of amides is 1. The van der Waals surface area contributed by atoms with Crippen molar-refractivity contribution in [2.45, 2.75) is 38.1 Å². The number of thiophene rings is 1. The minimum atomic E-state index is 0.0821. The molecular weight excluding hydrogens is 306 g/mol. The van der Waals surface area contributed by atoms with Gasteiger partial charge in [0.1, 0.15) is 11.5 Å². The zero-order valence-corrected chi connectivity index (χ0v) is 14.1. The largest absolute Gasteiger partial charge is 0.461 e. The highest BCUT2D eigenvalue weighted by molar-refractivity contribution is 7.10. The molecule has 2 aromatic rings. The molecule has 1 amide bonds. The molecule has 23 heavy (non-hydrogen) atoms. The van der Waals surface area contributed by atoms with E-state index in [-0.39, 0.29) is 11.9 Å². The van der Waals surface area contributed by atoms with Gasteiger partial charge in [-0.05, 0) is 54.8 Å². The van der Waals surface area contributed by atoms with Crippen LogP contribution in [0, 0.1) is 5.92 Å². The molecule has 3 heterocycles. The minimum Gasteiger partial charge on any atom is -0.461 e. The molecule has 0 N–H and O–H groups in total. The van der Waals surface area contributed by atoms with Gasteiger partial charge in [-0.2, -0.15) is 0 Å². The normalized spacial score (nSPS) is 27.0. The maximum Gasteiger partial charge on any atom is 0.247 e. The third-order valence-electron chi connectivity index (χ3n) is 4.92. The summed E-state index contributed by atoms with van der Waals surface area (Å²) in [5, 5.41) is 2.08. The monoisotopic (exact) mass is 327 g/mol. The van der Waals surface area contributed by atoms with Gasteiger partial charge in [-0.15, -0.1) is 11.3 Å². The Morgan fingerprint density at radius 3 is 3.00 bits per heavy atom. The zero-order chi connectivity index (χ0) is 15.8. The van der Waals surface area contributed by atoms with Gasteiger partial charge in [0.15, 0.2) is 0 Å². The number of nitrogens with zero attached hydrogens (tertiary/aromatic N) is 1. The standard InChI is InChI=1S/C19H21NO2S/c1-13-12-15(13)17-8-6-14(22-17)7-9-19(21)20-10-2-4-16(20)18-5-3-11-23-18/h3,5-9,11,13,15-16H,2,4,10,12H2,1H3/b9-7+. The van der Waals surface area contributed by atoms with E-state index in [9.17, 15) is 4.79 Å². The van der Waals surface area contributed by atoms with Gasteiger partial charge in [0, 0.05) is 23.4 Å². The molecule has 0 spiro atoms. The lowest BCUT2D eigenvalue weighted by molar-refractivity contribution is -0.126. The average Bonchev–Trinajstić information content (AvgIpc) is 3.09. The Labute approximate surface area is 140 Å². The molecule has 1 aliphatic heterocycles. The number of hydrogen-bond donors (Lipinski definition) is 0. The van der Waals surface area contributed by atoms with Crippen LogP contribution in [0.5, 0.6) is 0 Å². The lowest BCUT2D eigenvalue weighted by Gasteiger charge is -2.22. The van der Waals surface area contributed by atoms with Gasteiger partial charge < -0.3 is 9.32 Å². The van der Waals surface area contributed by atoms with E-state index in [0.717, 1.165) is 36.8 Å². The number of carbonyl (C=O) groups is 1. The number of likely N-dealkylation sites (tertiary alicyclic amines) is 1. The number of carbonyl (C=O) groups excluding carboxylic acids is 1. The highest BCUT2D eigenvalue weighted by atomic mass is 32.1. The Bertz CT molecular complexity index is 716. The van der Waals surface area contributed by atoms with Gasteiger partial charge in [0.2, 0.25) is 5.91 Å². The summed E-state index contributed by atoms with van der Waals surface area (Å²) in [5.41, 5.74) is 0. The summed E-state index contributed by atoms with van der Waals surface area (Å²) < 4.78 is 5.83. The third kappa shape index (κ3) is 3.00. The molecule has 0 bridgehead atoms. The first-order valence-electron chi connectivity index (χ1n) is 8.34. The smallest absolute Gasteiger partial charge is 0.247 e. The molecule has 2 aliphatic rings. The second kappa shape index (κ2) is 6.00. The van der Waals surface area contributed by atoms with E-state index in [2.05, 4.69) is 24.4 Å². The van der Waals surface area contributed by atoms with Crippen molar-refractivity contribution in [2.24, 2.45) is 5.92 Å². The second-order valence-electron chi connectivity index (χ2n) is 6.60. The first-order chi connectivity index (χ1) is 11.2. The van der Waals surface area contributed by atoms with Crippen LogP contribution in [0.15, 0.2) is 40.1 Å². The molecule has 3 unspecified atom stereocenters. The molecule has 0 radical (unpaired) electrons. The first-order valence-corrected chi connectivity index (χ1v) is 9.22. The van der Waals surface area contributed by atoms with E-state index < -0.39 is 0 Å². The van der Waals surface area contributed by atoms with Crippen molar-refractivity contribution >= 4 is 23.3 Å². The molecule has 2 aromatic heterocycles. The van der Waals surface area contributed by atoms with Crippen LogP contribution in [-0.2, 0) is 4.79 Å². The van der Waals surface area contributed by atoms with Gasteiger partial charge in [-0.3, -0.25) is 4.79 Å². The minimum absolute atomic E-state index is 0.0821. The molecule has 1 saturated carbocycles. The lowest BCUT2D eigenvalue weighted by Crippen LogP contribution is -2.28. The SMILES string of the molecule is CC1CC1c1ccc(/C=C/C(=O)N2CCCC2c2cccs2)o1. The van der Waals surface area contributed by atoms with Crippen molar-refractivity contribution in [1.29, 1.82) is 0 Å². The highest BCUT2D eigenvalue weighted by Crippen LogP contribution is 2.47. The molecule has 120 valence electrons. The number of hydrogen-bond acceptors (Lipinski definition) is 3. The molecular formula is C19H21NO2S. The Morgan fingerprint density at radius 1 is 1.39 bits per heavy atom. The van der Waals surface area contributed by atoms with E-state index in [1.165, 1.54) is 11.3 Å². The van der Waals surface area contributed by atoms with Crippen LogP contribution in [0.4, 0.5) is 0 Å². The fraction of sp³-hybridized carbons (Fsp3) is 0.421. The maximum atomic E-state index is 12.5. The van der Waals surface area contributed by atoms with Crippen molar-refractivity contribution < 1.29 is 9.21 Å². The first kappa shape index (κ1) is 14.8. The predicted octanol–water partition coefficient (Wildman–Crippen LogP) is 4.84. The lowest BCUT2D eigenvalue weighted by atomic mass is 10.2. The van der Waals surface area contributed by atoms with Crippen molar-refractivity contribution in [3.05, 3.63) is 52.1 Å². The molecule has 1 saturated heterocycles. The van der Waals surface area contributed by atoms with Gasteiger partial charge in [-0.1, -0.05) is 13.0 Å². The van der Waals surface area contributed by atoms with E-state index >= 15 is 0 Å². The molecule has 3 nitrogen and oxygen atoms in total. The summed E-state index contributed by atoms with van der Waals surface area (Å²) in [6.45, 7) is 3.08. The van der Waals surface area contributed by atoms with E-state index in [4.69, 9.17) is 4.42 Å². The third-order valence-corrected chi connectivity index (χ3v) is 5.89. The van der Waals surface area contributed by atoms with E-state index in [0.29, 0.717) is 5.92 Å². The topological polar surface area (TPSA) is 33.5 Å². The highest BCUT2D eigenvalue weighted by Gasteiger charge is 2.36. The Morgan fingerprint density at radius 2 is 2.26 bits per heavy atom. The van der Waals surface area contributed by atoms with Crippen LogP contribution in [-0.4, -0.2) is 17.4 Å². The number of furan rings is 1. The predicted molar refractivity (Wildman–Crippen MR) is 92.3 cm³/mol. The van der Waals surface area contributed by atoms with Crippen LogP contribution in [0.3, 0.4) is 0 Å². The van der Waals surface area contributed by atoms with Gasteiger partial charge in [0.25, 0.3) is 0 Å². The summed E-state index contributed by atoms with van der Waals surface area (Å²) in [6.07, 6.45) is 6.82. The Kier molecular flexibility index (Phi) is 3.85. The van der Waals surface area contributed by atoms with E-state index in [1.807, 2.05) is 23.1 Å². The molecule has 0 aromatic carbocycles. The van der Waals surface area contributed by atoms with Crippen LogP contribution in [0.1, 0.15) is 54.5 Å². The quantitative estimate of drug-likeness (QED) is 0.753. The Hall–Kier alpha value is -1.81. The summed E-state index contributed by atoms with van der Waals surface area (Å²) in [5.74, 6) is 3.23. The van der Waals surface area contributed by atoms with Crippen molar-refractivity contribution in [1.82, 2.24) is 4.90 Å². The van der Waals surface area contributed by atoms with Crippen LogP contribution in [0.25, 0.3) is 6.08 Å². The molecule has 2 fully saturated rings. The van der Waals surface area contributed by atoms with Gasteiger partial charge in [-0.25, -0.2) is 0 Å². The van der Waals surface area contributed by atoms with E-state index in [1.54, 1.807) is 17.4 Å². The zero-order valence-electron chi connectivity index (χ0n) is 13.3. The van der Waals surface area contributed by atoms with Crippen molar-refractivity contribution in [2.75, 3.05) is 6.54 Å². The molecule has 4 rings (SSSR count). The number of rotatable bonds is 4.